The Labute approximate surface area is 96.2 Å². The molecule has 1 rings (SSSR count). The third-order valence-corrected chi connectivity index (χ3v) is 2.44. The van der Waals surface area contributed by atoms with Crippen molar-refractivity contribution in [3.05, 3.63) is 16.3 Å². The first-order valence-electron chi connectivity index (χ1n) is 4.31. The summed E-state index contributed by atoms with van der Waals surface area (Å²) in [6, 6.07) is 0. The monoisotopic (exact) mass is 262 g/mol. The molecule has 0 aromatic carbocycles. The molecule has 0 fully saturated rings. The van der Waals surface area contributed by atoms with Crippen LogP contribution in [0.25, 0.3) is 0 Å². The number of nitrogens with zero attached hydrogens (tertiary/aromatic N) is 3. The Hall–Kier alpha value is -2.01. The van der Waals surface area contributed by atoms with Crippen molar-refractivity contribution in [2.24, 2.45) is 5.14 Å². The molecule has 0 unspecified atom stereocenters. The summed E-state index contributed by atoms with van der Waals surface area (Å²) in [6.07, 6.45) is 0.932. The summed E-state index contributed by atoms with van der Waals surface area (Å²) in [7, 11) is -3.64. The van der Waals surface area contributed by atoms with Crippen LogP contribution in [0.5, 0.6) is 0 Å². The van der Waals surface area contributed by atoms with Gasteiger partial charge in [0, 0.05) is 6.54 Å². The molecule has 94 valence electrons. The second-order valence-electron chi connectivity index (χ2n) is 3.01. The zero-order valence-electron chi connectivity index (χ0n) is 8.53. The van der Waals surface area contributed by atoms with Crippen molar-refractivity contribution in [2.75, 3.05) is 23.3 Å². The molecule has 0 atom stereocenters. The molecule has 1 aromatic heterocycles. The third-order valence-electron chi connectivity index (χ3n) is 1.66. The van der Waals surface area contributed by atoms with E-state index in [0.29, 0.717) is 0 Å². The van der Waals surface area contributed by atoms with Gasteiger partial charge in [-0.25, -0.2) is 18.5 Å². The van der Waals surface area contributed by atoms with Gasteiger partial charge in [0.05, 0.1) is 10.7 Å². The third kappa shape index (κ3) is 4.16. The number of nitro groups is 1. The summed E-state index contributed by atoms with van der Waals surface area (Å²) in [6.45, 7) is -0.115. The lowest BCUT2D eigenvalue weighted by molar-refractivity contribution is -0.384. The molecule has 0 saturated carbocycles. The fourth-order valence-electron chi connectivity index (χ4n) is 0.965. The van der Waals surface area contributed by atoms with Gasteiger partial charge in [-0.05, 0) is 0 Å². The van der Waals surface area contributed by atoms with Gasteiger partial charge in [0.15, 0.2) is 0 Å². The normalized spacial score (nSPS) is 11.1. The molecule has 0 aliphatic rings. The van der Waals surface area contributed by atoms with Gasteiger partial charge in [0.2, 0.25) is 21.8 Å². The van der Waals surface area contributed by atoms with Crippen molar-refractivity contribution in [2.45, 2.75) is 0 Å². The molecule has 1 aromatic rings. The number of sulfonamides is 1. The highest BCUT2D eigenvalue weighted by Crippen LogP contribution is 2.20. The van der Waals surface area contributed by atoms with Gasteiger partial charge in [-0.15, -0.1) is 0 Å². The average molecular weight is 262 g/mol. The molecule has 0 amide bonds. The van der Waals surface area contributed by atoms with Gasteiger partial charge >= 0.3 is 5.69 Å². The summed E-state index contributed by atoms with van der Waals surface area (Å²) < 4.78 is 21.3. The fraction of sp³-hybridized carbons (Fsp3) is 0.333. The Balaban J connectivity index is 2.82. The van der Waals surface area contributed by atoms with E-state index in [2.05, 4.69) is 15.3 Å². The SMILES string of the molecule is Nc1ncc([N+](=O)[O-])c(NCCS(N)(=O)=O)n1. The average Bonchev–Trinajstić information content (AvgIpc) is 2.15. The van der Waals surface area contributed by atoms with Crippen LogP contribution >= 0.6 is 0 Å². The number of aromatic nitrogens is 2. The molecule has 0 bridgehead atoms. The molecule has 1 heterocycles. The van der Waals surface area contributed by atoms with Crippen LogP contribution in [-0.4, -0.2) is 35.6 Å². The van der Waals surface area contributed by atoms with E-state index in [-0.39, 0.29) is 24.1 Å². The quantitative estimate of drug-likeness (QED) is 0.433. The van der Waals surface area contributed by atoms with E-state index >= 15 is 0 Å². The number of nitrogens with one attached hydrogen (secondary N) is 1. The van der Waals surface area contributed by atoms with Crippen molar-refractivity contribution in [1.82, 2.24) is 9.97 Å². The maximum absolute atomic E-state index is 10.7. The van der Waals surface area contributed by atoms with Crippen molar-refractivity contribution in [1.29, 1.82) is 0 Å². The van der Waals surface area contributed by atoms with Crippen LogP contribution in [0.1, 0.15) is 0 Å². The van der Waals surface area contributed by atoms with E-state index in [1.807, 2.05) is 0 Å². The Kier molecular flexibility index (Phi) is 3.75. The number of nitrogen functional groups attached to an aromatic ring is 1. The van der Waals surface area contributed by atoms with E-state index in [1.165, 1.54) is 0 Å². The molecule has 0 spiro atoms. The minimum Gasteiger partial charge on any atom is -0.368 e. The maximum Gasteiger partial charge on any atom is 0.329 e. The predicted octanol–water partition coefficient (Wildman–Crippen LogP) is -1.33. The zero-order valence-corrected chi connectivity index (χ0v) is 9.35. The molecule has 11 heteroatoms. The number of rotatable bonds is 5. The first-order valence-corrected chi connectivity index (χ1v) is 6.02. The number of nitrogens with two attached hydrogens (primary N) is 2. The van der Waals surface area contributed by atoms with E-state index in [0.717, 1.165) is 6.20 Å². The summed E-state index contributed by atoms with van der Waals surface area (Å²) >= 11 is 0. The van der Waals surface area contributed by atoms with Gasteiger partial charge in [-0.3, -0.25) is 10.1 Å². The molecule has 17 heavy (non-hydrogen) atoms. The number of hydrogen-bond acceptors (Lipinski definition) is 8. The summed E-state index contributed by atoms with van der Waals surface area (Å²) in [4.78, 5) is 16.9. The molecule has 0 saturated heterocycles. The number of hydrogen-bond donors (Lipinski definition) is 3. The molecule has 5 N–H and O–H groups in total. The van der Waals surface area contributed by atoms with Gasteiger partial charge < -0.3 is 11.1 Å². The Bertz CT molecular complexity index is 529. The van der Waals surface area contributed by atoms with E-state index in [1.54, 1.807) is 0 Å². The van der Waals surface area contributed by atoms with Gasteiger partial charge in [-0.1, -0.05) is 0 Å². The predicted molar refractivity (Wildman–Crippen MR) is 59.6 cm³/mol. The van der Waals surface area contributed by atoms with Gasteiger partial charge in [0.1, 0.15) is 6.20 Å². The Morgan fingerprint density at radius 1 is 1.53 bits per heavy atom. The second kappa shape index (κ2) is 4.88. The highest BCUT2D eigenvalue weighted by atomic mass is 32.2. The van der Waals surface area contributed by atoms with Crippen LogP contribution in [0.4, 0.5) is 17.5 Å². The zero-order chi connectivity index (χ0) is 13.1. The summed E-state index contributed by atoms with van der Waals surface area (Å²) in [5.41, 5.74) is 4.86. The van der Waals surface area contributed by atoms with Crippen LogP contribution < -0.4 is 16.2 Å². The molecule has 0 aliphatic heterocycles. The van der Waals surface area contributed by atoms with Crippen LogP contribution in [0.2, 0.25) is 0 Å². The minimum atomic E-state index is -3.64. The van der Waals surface area contributed by atoms with Crippen molar-refractivity contribution in [3.8, 4) is 0 Å². The first-order chi connectivity index (χ1) is 7.79. The first kappa shape index (κ1) is 13.1. The fourth-order valence-corrected chi connectivity index (χ4v) is 1.35. The maximum atomic E-state index is 10.7. The van der Waals surface area contributed by atoms with Gasteiger partial charge in [0.25, 0.3) is 0 Å². The van der Waals surface area contributed by atoms with Crippen LogP contribution in [-0.2, 0) is 10.0 Å². The van der Waals surface area contributed by atoms with Crippen LogP contribution in [0.3, 0.4) is 0 Å². The lowest BCUT2D eigenvalue weighted by atomic mass is 10.4. The Morgan fingerprint density at radius 3 is 2.71 bits per heavy atom. The molecule has 0 aliphatic carbocycles. The van der Waals surface area contributed by atoms with E-state index < -0.39 is 20.6 Å². The Morgan fingerprint density at radius 2 is 2.18 bits per heavy atom. The molecular weight excluding hydrogens is 252 g/mol. The van der Waals surface area contributed by atoms with Crippen molar-refractivity contribution in [3.63, 3.8) is 0 Å². The number of primary sulfonamides is 1. The highest BCUT2D eigenvalue weighted by molar-refractivity contribution is 7.89. The minimum absolute atomic E-state index is 0.115. The topological polar surface area (TPSA) is 167 Å². The highest BCUT2D eigenvalue weighted by Gasteiger charge is 2.16. The smallest absolute Gasteiger partial charge is 0.329 e. The lowest BCUT2D eigenvalue weighted by Gasteiger charge is -2.05. The summed E-state index contributed by atoms with van der Waals surface area (Å²) in [5, 5.41) is 17.8. The molecule has 0 radical (unpaired) electrons. The largest absolute Gasteiger partial charge is 0.368 e. The van der Waals surface area contributed by atoms with Crippen LogP contribution in [0, 0.1) is 10.1 Å². The van der Waals surface area contributed by atoms with Crippen LogP contribution in [0.15, 0.2) is 6.20 Å². The number of anilines is 2. The van der Waals surface area contributed by atoms with E-state index in [9.17, 15) is 18.5 Å². The van der Waals surface area contributed by atoms with Gasteiger partial charge in [-0.2, -0.15) is 4.98 Å². The molecular formula is C6H10N6O4S. The van der Waals surface area contributed by atoms with Crippen molar-refractivity contribution < 1.29 is 13.3 Å². The second-order valence-corrected chi connectivity index (χ2v) is 4.75. The summed E-state index contributed by atoms with van der Waals surface area (Å²) in [5.74, 6) is -0.687. The van der Waals surface area contributed by atoms with Crippen molar-refractivity contribution >= 4 is 27.5 Å². The van der Waals surface area contributed by atoms with E-state index in [4.69, 9.17) is 10.9 Å². The lowest BCUT2D eigenvalue weighted by Crippen LogP contribution is -2.23. The molecule has 10 nitrogen and oxygen atoms in total. The standard InChI is InChI=1S/C6H10N6O4S/c7-6-10-3-4(12(13)14)5(11-6)9-1-2-17(8,15)16/h3H,1-2H2,(H2,8,15,16)(H3,7,9,10,11).